The van der Waals surface area contributed by atoms with E-state index in [-0.39, 0.29) is 4.77 Å². The number of benzene rings is 2. The maximum absolute atomic E-state index is 5.50. The molecule has 0 unspecified atom stereocenters. The summed E-state index contributed by atoms with van der Waals surface area (Å²) in [5.41, 5.74) is 2.52. The first-order valence-corrected chi connectivity index (χ1v) is 7.85. The molecule has 3 rings (SSSR count). The summed E-state index contributed by atoms with van der Waals surface area (Å²) in [4.78, 5) is 2.62. The van der Waals surface area contributed by atoms with Crippen molar-refractivity contribution in [3.05, 3.63) is 71.8 Å². The van der Waals surface area contributed by atoms with E-state index in [0.717, 1.165) is 0 Å². The van der Waals surface area contributed by atoms with Crippen molar-refractivity contribution < 1.29 is 4.74 Å². The molecule has 0 saturated carbocycles. The fraction of sp³-hybridized carbons (Fsp3) is 0.125. The van der Waals surface area contributed by atoms with Gasteiger partial charge in [0.25, 0.3) is 0 Å². The molecule has 2 aromatic carbocycles. The van der Waals surface area contributed by atoms with E-state index in [1.165, 1.54) is 20.9 Å². The van der Waals surface area contributed by atoms with Gasteiger partial charge in [-0.25, -0.2) is 0 Å². The number of rotatable bonds is 3. The van der Waals surface area contributed by atoms with Crippen molar-refractivity contribution in [2.24, 2.45) is 0 Å². The molecule has 0 aromatic heterocycles. The standard InChI is InChI=1S/C16H14OS2/c1-17-16-18-14(12-8-4-2-5-9-12)15(19-16)13-10-6-3-7-11-13/h2-11,16H,1H3. The van der Waals surface area contributed by atoms with Crippen molar-refractivity contribution in [2.45, 2.75) is 4.77 Å². The Bertz CT molecular complexity index is 527. The van der Waals surface area contributed by atoms with E-state index in [4.69, 9.17) is 4.74 Å². The Morgan fingerprint density at radius 3 is 1.53 bits per heavy atom. The number of ether oxygens (including phenoxy) is 1. The molecule has 1 aliphatic heterocycles. The maximum Gasteiger partial charge on any atom is 0.158 e. The molecule has 3 heteroatoms. The Labute approximate surface area is 122 Å². The minimum absolute atomic E-state index is 0.144. The predicted molar refractivity (Wildman–Crippen MR) is 85.7 cm³/mol. The molecule has 0 spiro atoms. The second-order valence-electron chi connectivity index (χ2n) is 4.15. The topological polar surface area (TPSA) is 9.23 Å². The number of methoxy groups -OCH3 is 1. The van der Waals surface area contributed by atoms with Gasteiger partial charge in [0.2, 0.25) is 0 Å². The number of thioether (sulfide) groups is 2. The summed E-state index contributed by atoms with van der Waals surface area (Å²) in [6.45, 7) is 0. The van der Waals surface area contributed by atoms with Crippen LogP contribution in [0.4, 0.5) is 0 Å². The van der Waals surface area contributed by atoms with Gasteiger partial charge in [-0.15, -0.1) is 0 Å². The van der Waals surface area contributed by atoms with Crippen molar-refractivity contribution in [2.75, 3.05) is 7.11 Å². The fourth-order valence-electron chi connectivity index (χ4n) is 2.00. The highest BCUT2D eigenvalue weighted by Crippen LogP contribution is 2.54. The highest BCUT2D eigenvalue weighted by atomic mass is 32.2. The molecule has 0 atom stereocenters. The van der Waals surface area contributed by atoms with Crippen LogP contribution in [0.3, 0.4) is 0 Å². The molecule has 0 bridgehead atoms. The second-order valence-corrected chi connectivity index (χ2v) is 6.59. The largest absolute Gasteiger partial charge is 0.360 e. The van der Waals surface area contributed by atoms with E-state index in [9.17, 15) is 0 Å². The Morgan fingerprint density at radius 2 is 1.16 bits per heavy atom. The third-order valence-electron chi connectivity index (χ3n) is 2.90. The van der Waals surface area contributed by atoms with Crippen LogP contribution < -0.4 is 0 Å². The van der Waals surface area contributed by atoms with E-state index >= 15 is 0 Å². The van der Waals surface area contributed by atoms with E-state index in [1.54, 1.807) is 30.6 Å². The lowest BCUT2D eigenvalue weighted by Crippen LogP contribution is -1.93. The summed E-state index contributed by atoms with van der Waals surface area (Å²) in [5, 5.41) is 0. The highest BCUT2D eigenvalue weighted by Gasteiger charge is 2.27. The quantitative estimate of drug-likeness (QED) is 0.792. The van der Waals surface area contributed by atoms with Gasteiger partial charge in [0.15, 0.2) is 4.77 Å². The molecule has 0 amide bonds. The molecule has 0 radical (unpaired) electrons. The SMILES string of the molecule is COC1SC(c2ccccc2)=C(c2ccccc2)S1. The van der Waals surface area contributed by atoms with Gasteiger partial charge in [0.1, 0.15) is 0 Å². The zero-order valence-corrected chi connectivity index (χ0v) is 12.2. The van der Waals surface area contributed by atoms with Gasteiger partial charge in [-0.05, 0) is 11.1 Å². The van der Waals surface area contributed by atoms with Crippen LogP contribution in [0, 0.1) is 0 Å². The van der Waals surface area contributed by atoms with Gasteiger partial charge >= 0.3 is 0 Å². The summed E-state index contributed by atoms with van der Waals surface area (Å²) < 4.78 is 5.64. The van der Waals surface area contributed by atoms with Crippen LogP contribution in [-0.4, -0.2) is 11.9 Å². The molecule has 0 aliphatic carbocycles. The van der Waals surface area contributed by atoms with E-state index in [1.807, 2.05) is 12.1 Å². The molecule has 96 valence electrons. The summed E-state index contributed by atoms with van der Waals surface area (Å²) in [6.07, 6.45) is 0. The molecular formula is C16H14OS2. The van der Waals surface area contributed by atoms with Gasteiger partial charge in [-0.2, -0.15) is 0 Å². The average Bonchev–Trinajstić information content (AvgIpc) is 2.93. The maximum atomic E-state index is 5.50. The fourth-order valence-corrected chi connectivity index (χ4v) is 4.63. The third kappa shape index (κ3) is 2.73. The van der Waals surface area contributed by atoms with Crippen molar-refractivity contribution in [1.82, 2.24) is 0 Å². The van der Waals surface area contributed by atoms with Gasteiger partial charge in [0, 0.05) is 16.9 Å². The van der Waals surface area contributed by atoms with Crippen LogP contribution in [0.1, 0.15) is 11.1 Å². The molecule has 1 heterocycles. The minimum atomic E-state index is 0.144. The molecule has 2 aromatic rings. The molecule has 19 heavy (non-hydrogen) atoms. The van der Waals surface area contributed by atoms with Crippen LogP contribution in [0.15, 0.2) is 60.7 Å². The van der Waals surface area contributed by atoms with E-state index in [2.05, 4.69) is 48.5 Å². The Balaban J connectivity index is 2.05. The summed E-state index contributed by atoms with van der Waals surface area (Å²) in [7, 11) is 1.77. The van der Waals surface area contributed by atoms with Crippen molar-refractivity contribution in [3.8, 4) is 0 Å². The summed E-state index contributed by atoms with van der Waals surface area (Å²) in [6, 6.07) is 21.0. The summed E-state index contributed by atoms with van der Waals surface area (Å²) >= 11 is 3.57. The first kappa shape index (κ1) is 12.9. The van der Waals surface area contributed by atoms with Gasteiger partial charge < -0.3 is 4.74 Å². The van der Waals surface area contributed by atoms with Crippen molar-refractivity contribution >= 4 is 33.3 Å². The monoisotopic (exact) mass is 286 g/mol. The molecule has 0 N–H and O–H groups in total. The molecule has 1 aliphatic rings. The van der Waals surface area contributed by atoms with Crippen LogP contribution in [0.5, 0.6) is 0 Å². The lowest BCUT2D eigenvalue weighted by atomic mass is 10.1. The first-order chi connectivity index (χ1) is 9.38. The van der Waals surface area contributed by atoms with Crippen molar-refractivity contribution in [3.63, 3.8) is 0 Å². The third-order valence-corrected chi connectivity index (χ3v) is 5.73. The van der Waals surface area contributed by atoms with Gasteiger partial charge in [-0.1, -0.05) is 84.2 Å². The van der Waals surface area contributed by atoms with Crippen molar-refractivity contribution in [1.29, 1.82) is 0 Å². The first-order valence-electron chi connectivity index (χ1n) is 6.09. The zero-order chi connectivity index (χ0) is 13.1. The van der Waals surface area contributed by atoms with Crippen LogP contribution >= 0.6 is 23.5 Å². The number of hydrogen-bond donors (Lipinski definition) is 0. The van der Waals surface area contributed by atoms with E-state index in [0.29, 0.717) is 0 Å². The lowest BCUT2D eigenvalue weighted by molar-refractivity contribution is 0.236. The second kappa shape index (κ2) is 5.87. The molecule has 0 saturated heterocycles. The van der Waals surface area contributed by atoms with Gasteiger partial charge in [-0.3, -0.25) is 0 Å². The molecular weight excluding hydrogens is 272 g/mol. The van der Waals surface area contributed by atoms with Crippen LogP contribution in [0.25, 0.3) is 9.81 Å². The Hall–Kier alpha value is -1.16. The Morgan fingerprint density at radius 1 is 0.737 bits per heavy atom. The average molecular weight is 286 g/mol. The minimum Gasteiger partial charge on any atom is -0.360 e. The van der Waals surface area contributed by atoms with Crippen LogP contribution in [-0.2, 0) is 4.74 Å². The highest BCUT2D eigenvalue weighted by molar-refractivity contribution is 8.29. The number of hydrogen-bond acceptors (Lipinski definition) is 3. The molecule has 0 fully saturated rings. The normalized spacial score (nSPS) is 16.1. The zero-order valence-electron chi connectivity index (χ0n) is 10.6. The molecule has 1 nitrogen and oxygen atoms in total. The van der Waals surface area contributed by atoms with Gasteiger partial charge in [0.05, 0.1) is 0 Å². The summed E-state index contributed by atoms with van der Waals surface area (Å²) in [5.74, 6) is 0. The van der Waals surface area contributed by atoms with E-state index < -0.39 is 0 Å². The Kier molecular flexibility index (Phi) is 3.97. The smallest absolute Gasteiger partial charge is 0.158 e. The predicted octanol–water partition coefficient (Wildman–Crippen LogP) is 4.92. The van der Waals surface area contributed by atoms with Crippen LogP contribution in [0.2, 0.25) is 0 Å². The lowest BCUT2D eigenvalue weighted by Gasteiger charge is -2.05.